The smallest absolute Gasteiger partial charge is 0.305 e. The summed E-state index contributed by atoms with van der Waals surface area (Å²) in [7, 11) is 1.43. The van der Waals surface area contributed by atoms with Crippen LogP contribution in [0.2, 0.25) is 0 Å². The number of guanidine groups is 1. The van der Waals surface area contributed by atoms with Crippen molar-refractivity contribution in [3.05, 3.63) is 0 Å². The number of carbonyl (C=O) groups excluding carboxylic acids is 1. The molecule has 0 amide bonds. The number of unbranched alkanes of at least 4 members (excludes halogenated alkanes) is 4. The minimum absolute atomic E-state index is 0.0402. The van der Waals surface area contributed by atoms with Crippen molar-refractivity contribution in [3.8, 4) is 0 Å². The molecule has 0 saturated heterocycles. The van der Waals surface area contributed by atoms with E-state index in [-0.39, 0.29) is 11.5 Å². The fraction of sp³-hybridized carbons (Fsp3) is 0.857. The van der Waals surface area contributed by atoms with Gasteiger partial charge in [0.05, 0.1) is 7.11 Å². The number of hydrogen-bond acceptors (Lipinski definition) is 3. The zero-order chi connectivity index (χ0) is 14.7. The van der Waals surface area contributed by atoms with Gasteiger partial charge in [0.15, 0.2) is 5.96 Å². The number of methoxy groups -OCH3 is 1. The summed E-state index contributed by atoms with van der Waals surface area (Å²) in [5.74, 6) is 0.392. The zero-order valence-electron chi connectivity index (χ0n) is 12.8. The third-order valence-electron chi connectivity index (χ3n) is 2.55. The predicted molar refractivity (Wildman–Crippen MR) is 79.1 cm³/mol. The average Bonchev–Trinajstić information content (AvgIpc) is 2.29. The van der Waals surface area contributed by atoms with E-state index in [1.54, 1.807) is 0 Å². The van der Waals surface area contributed by atoms with Gasteiger partial charge in [0.1, 0.15) is 0 Å². The van der Waals surface area contributed by atoms with E-state index in [4.69, 9.17) is 5.73 Å². The molecule has 112 valence electrons. The van der Waals surface area contributed by atoms with E-state index < -0.39 is 0 Å². The van der Waals surface area contributed by atoms with Crippen LogP contribution in [0.3, 0.4) is 0 Å². The zero-order valence-corrected chi connectivity index (χ0v) is 12.8. The molecule has 0 unspecified atom stereocenters. The maximum Gasteiger partial charge on any atom is 0.305 e. The Morgan fingerprint density at radius 3 is 2.32 bits per heavy atom. The number of nitrogens with one attached hydrogen (secondary N) is 1. The van der Waals surface area contributed by atoms with Crippen molar-refractivity contribution < 1.29 is 9.53 Å². The van der Waals surface area contributed by atoms with Gasteiger partial charge < -0.3 is 15.8 Å². The molecular formula is C14H29N3O2. The summed E-state index contributed by atoms with van der Waals surface area (Å²) in [6.45, 7) is 6.91. The van der Waals surface area contributed by atoms with Gasteiger partial charge in [0.2, 0.25) is 0 Å². The standard InChI is InChI=1S/C14H29N3O2/c1-14(2,3)17-13(15)16-11-9-7-5-6-8-10-12(18)19-4/h5-11H2,1-4H3,(H3,15,16,17). The summed E-state index contributed by atoms with van der Waals surface area (Å²) in [4.78, 5) is 15.2. The van der Waals surface area contributed by atoms with E-state index in [1.807, 2.05) is 0 Å². The van der Waals surface area contributed by atoms with E-state index in [0.29, 0.717) is 12.4 Å². The molecule has 3 N–H and O–H groups in total. The second kappa shape index (κ2) is 9.64. The maximum absolute atomic E-state index is 10.9. The van der Waals surface area contributed by atoms with Crippen molar-refractivity contribution in [2.75, 3.05) is 13.7 Å². The van der Waals surface area contributed by atoms with Crippen molar-refractivity contribution in [2.45, 2.75) is 64.8 Å². The Morgan fingerprint density at radius 2 is 1.74 bits per heavy atom. The molecule has 19 heavy (non-hydrogen) atoms. The van der Waals surface area contributed by atoms with Gasteiger partial charge >= 0.3 is 5.97 Å². The van der Waals surface area contributed by atoms with Gasteiger partial charge in [-0.3, -0.25) is 9.79 Å². The predicted octanol–water partition coefficient (Wildman–Crippen LogP) is 2.20. The molecule has 0 aliphatic rings. The number of ether oxygens (including phenoxy) is 1. The molecule has 5 heteroatoms. The van der Waals surface area contributed by atoms with Gasteiger partial charge in [-0.2, -0.15) is 0 Å². The van der Waals surface area contributed by atoms with Crippen molar-refractivity contribution in [2.24, 2.45) is 10.7 Å². The van der Waals surface area contributed by atoms with Gasteiger partial charge in [-0.15, -0.1) is 0 Å². The summed E-state index contributed by atoms with van der Waals surface area (Å²) in [6, 6.07) is 0. The molecule has 0 radical (unpaired) electrons. The molecule has 0 aromatic rings. The van der Waals surface area contributed by atoms with Crippen LogP contribution in [0, 0.1) is 0 Å². The number of aliphatic imine (C=N–C) groups is 1. The second-order valence-corrected chi connectivity index (χ2v) is 5.74. The van der Waals surface area contributed by atoms with Crippen LogP contribution < -0.4 is 11.1 Å². The second-order valence-electron chi connectivity index (χ2n) is 5.74. The monoisotopic (exact) mass is 271 g/mol. The van der Waals surface area contributed by atoms with Crippen LogP contribution in [-0.4, -0.2) is 31.1 Å². The highest BCUT2D eigenvalue weighted by Gasteiger charge is 2.09. The Kier molecular flexibility index (Phi) is 9.00. The summed E-state index contributed by atoms with van der Waals surface area (Å²) in [5, 5.41) is 3.13. The van der Waals surface area contributed by atoms with Crippen LogP contribution in [0.5, 0.6) is 0 Å². The molecule has 5 nitrogen and oxygen atoms in total. The first-order chi connectivity index (χ1) is 8.85. The molecular weight excluding hydrogens is 242 g/mol. The third kappa shape index (κ3) is 13.0. The number of nitrogens with zero attached hydrogens (tertiary/aromatic N) is 1. The molecule has 0 bridgehead atoms. The van der Waals surface area contributed by atoms with E-state index in [2.05, 4.69) is 35.8 Å². The minimum atomic E-state index is -0.120. The Labute approximate surface area is 117 Å². The number of esters is 1. The molecule has 0 fully saturated rings. The SMILES string of the molecule is COC(=O)CCCCCCCN=C(N)NC(C)(C)C. The Morgan fingerprint density at radius 1 is 1.16 bits per heavy atom. The lowest BCUT2D eigenvalue weighted by atomic mass is 10.1. The van der Waals surface area contributed by atoms with E-state index in [0.717, 1.165) is 38.6 Å². The normalized spacial score (nSPS) is 12.3. The van der Waals surface area contributed by atoms with E-state index >= 15 is 0 Å². The number of nitrogens with two attached hydrogens (primary N) is 1. The highest BCUT2D eigenvalue weighted by molar-refractivity contribution is 5.78. The molecule has 0 aromatic heterocycles. The van der Waals surface area contributed by atoms with Crippen LogP contribution in [0.4, 0.5) is 0 Å². The Bertz CT molecular complexity index is 283. The van der Waals surface area contributed by atoms with Gasteiger partial charge in [0, 0.05) is 18.5 Å². The fourth-order valence-electron chi connectivity index (χ4n) is 1.64. The highest BCUT2D eigenvalue weighted by atomic mass is 16.5. The Hall–Kier alpha value is -1.26. The van der Waals surface area contributed by atoms with Crippen LogP contribution >= 0.6 is 0 Å². The van der Waals surface area contributed by atoms with Crippen molar-refractivity contribution >= 4 is 11.9 Å². The molecule has 0 aromatic carbocycles. The maximum atomic E-state index is 10.9. The number of rotatable bonds is 8. The molecule has 0 rings (SSSR count). The lowest BCUT2D eigenvalue weighted by Crippen LogP contribution is -2.45. The molecule has 0 aliphatic carbocycles. The third-order valence-corrected chi connectivity index (χ3v) is 2.55. The first kappa shape index (κ1) is 17.7. The van der Waals surface area contributed by atoms with Gasteiger partial charge in [-0.1, -0.05) is 19.3 Å². The van der Waals surface area contributed by atoms with Crippen molar-refractivity contribution in [1.82, 2.24) is 5.32 Å². The van der Waals surface area contributed by atoms with Gasteiger partial charge in [0.25, 0.3) is 0 Å². The van der Waals surface area contributed by atoms with Crippen LogP contribution in [0.25, 0.3) is 0 Å². The first-order valence-corrected chi connectivity index (χ1v) is 7.00. The lowest BCUT2D eigenvalue weighted by Gasteiger charge is -2.20. The lowest BCUT2D eigenvalue weighted by molar-refractivity contribution is -0.140. The Balaban J connectivity index is 3.45. The van der Waals surface area contributed by atoms with Crippen LogP contribution in [-0.2, 0) is 9.53 Å². The fourth-order valence-corrected chi connectivity index (χ4v) is 1.64. The molecule has 0 heterocycles. The van der Waals surface area contributed by atoms with Crippen molar-refractivity contribution in [3.63, 3.8) is 0 Å². The van der Waals surface area contributed by atoms with Gasteiger partial charge in [-0.05, 0) is 33.6 Å². The molecule has 0 saturated carbocycles. The van der Waals surface area contributed by atoms with Crippen LogP contribution in [0.15, 0.2) is 4.99 Å². The minimum Gasteiger partial charge on any atom is -0.469 e. The summed E-state index contributed by atoms with van der Waals surface area (Å²) < 4.78 is 4.58. The molecule has 0 aliphatic heterocycles. The average molecular weight is 271 g/mol. The largest absolute Gasteiger partial charge is 0.469 e. The highest BCUT2D eigenvalue weighted by Crippen LogP contribution is 2.06. The first-order valence-electron chi connectivity index (χ1n) is 7.00. The van der Waals surface area contributed by atoms with E-state index in [1.165, 1.54) is 7.11 Å². The van der Waals surface area contributed by atoms with Crippen LogP contribution in [0.1, 0.15) is 59.3 Å². The summed E-state index contributed by atoms with van der Waals surface area (Å²) >= 11 is 0. The van der Waals surface area contributed by atoms with Crippen molar-refractivity contribution in [1.29, 1.82) is 0 Å². The van der Waals surface area contributed by atoms with Gasteiger partial charge in [-0.25, -0.2) is 0 Å². The molecule has 0 atom stereocenters. The molecule has 0 spiro atoms. The number of hydrogen-bond donors (Lipinski definition) is 2. The quantitative estimate of drug-likeness (QED) is 0.307. The number of carbonyl (C=O) groups is 1. The topological polar surface area (TPSA) is 76.7 Å². The summed E-state index contributed by atoms with van der Waals surface area (Å²) in [5.41, 5.74) is 5.72. The van der Waals surface area contributed by atoms with E-state index in [9.17, 15) is 4.79 Å². The summed E-state index contributed by atoms with van der Waals surface area (Å²) in [6.07, 6.45) is 5.77.